The van der Waals surface area contributed by atoms with Gasteiger partial charge in [-0.1, -0.05) is 19.9 Å². The van der Waals surface area contributed by atoms with Gasteiger partial charge in [0.05, 0.1) is 17.3 Å². The molecule has 0 aromatic rings. The van der Waals surface area contributed by atoms with Gasteiger partial charge in [-0.15, -0.1) is 6.58 Å². The Kier molecular flexibility index (Phi) is 4.06. The monoisotopic (exact) mass is 336 g/mol. The summed E-state index contributed by atoms with van der Waals surface area (Å²) in [6.45, 7) is 12.0. The first-order valence-electron chi connectivity index (χ1n) is 9.21. The van der Waals surface area contributed by atoms with Crippen LogP contribution < -0.4 is 0 Å². The maximum absolute atomic E-state index is 13.1. The van der Waals surface area contributed by atoms with Gasteiger partial charge in [0.25, 0.3) is 0 Å². The Morgan fingerprint density at radius 1 is 1.29 bits per heavy atom. The molecule has 2 saturated carbocycles. The number of carbonyl (C=O) groups excluding carboxylic acids is 1. The number of Topliss-reactive ketones (excluding diaryl/α,β-unsaturated/α-hetero) is 1. The van der Waals surface area contributed by atoms with Crippen molar-refractivity contribution in [3.05, 3.63) is 12.7 Å². The van der Waals surface area contributed by atoms with E-state index in [1.165, 1.54) is 0 Å². The Bertz CT molecular complexity index is 560. The minimum Gasteiger partial charge on any atom is -0.396 e. The number of carbonyl (C=O) groups is 1. The maximum Gasteiger partial charge on any atom is 0.139 e. The van der Waals surface area contributed by atoms with Gasteiger partial charge in [0.2, 0.25) is 0 Å². The van der Waals surface area contributed by atoms with E-state index in [0.29, 0.717) is 19.3 Å². The number of ketones is 1. The van der Waals surface area contributed by atoms with Crippen molar-refractivity contribution in [1.29, 1.82) is 0 Å². The van der Waals surface area contributed by atoms with Crippen LogP contribution in [0, 0.1) is 22.7 Å². The third-order valence-corrected chi connectivity index (χ3v) is 7.57. The van der Waals surface area contributed by atoms with E-state index in [1.54, 1.807) is 0 Å². The van der Waals surface area contributed by atoms with Crippen molar-refractivity contribution in [2.45, 2.75) is 77.1 Å². The van der Waals surface area contributed by atoms with Crippen LogP contribution in [0.1, 0.15) is 59.8 Å². The zero-order valence-electron chi connectivity index (χ0n) is 15.5. The van der Waals surface area contributed by atoms with Gasteiger partial charge in [-0.05, 0) is 38.5 Å². The van der Waals surface area contributed by atoms with Gasteiger partial charge in [0, 0.05) is 36.7 Å². The zero-order chi connectivity index (χ0) is 18.0. The molecule has 3 aliphatic rings. The number of rotatable bonds is 2. The number of aliphatic hydroxyl groups is 2. The van der Waals surface area contributed by atoms with E-state index in [2.05, 4.69) is 6.58 Å². The summed E-state index contributed by atoms with van der Waals surface area (Å²) in [6, 6.07) is 0. The molecular weight excluding hydrogens is 304 g/mol. The van der Waals surface area contributed by atoms with Crippen molar-refractivity contribution in [3.63, 3.8) is 0 Å². The molecule has 1 saturated heterocycles. The van der Waals surface area contributed by atoms with Crippen LogP contribution in [0.4, 0.5) is 0 Å². The lowest BCUT2D eigenvalue weighted by atomic mass is 9.43. The van der Waals surface area contributed by atoms with Gasteiger partial charge in [-0.25, -0.2) is 0 Å². The van der Waals surface area contributed by atoms with Crippen LogP contribution in [-0.2, 0) is 9.53 Å². The number of hydrogen-bond donors (Lipinski definition) is 2. The highest BCUT2D eigenvalue weighted by molar-refractivity contribution is 5.86. The zero-order valence-corrected chi connectivity index (χ0v) is 15.5. The summed E-state index contributed by atoms with van der Waals surface area (Å²) in [5.74, 6) is 0.0651. The summed E-state index contributed by atoms with van der Waals surface area (Å²) in [4.78, 5) is 13.1. The minimum atomic E-state index is -0.648. The molecule has 7 atom stereocenters. The predicted molar refractivity (Wildman–Crippen MR) is 92.5 cm³/mol. The maximum atomic E-state index is 13.1. The van der Waals surface area contributed by atoms with Crippen molar-refractivity contribution in [1.82, 2.24) is 0 Å². The van der Waals surface area contributed by atoms with Crippen molar-refractivity contribution in [3.8, 4) is 0 Å². The summed E-state index contributed by atoms with van der Waals surface area (Å²) >= 11 is 0. The average Bonchev–Trinajstić information content (AvgIpc) is 2.50. The van der Waals surface area contributed by atoms with Crippen LogP contribution in [0.15, 0.2) is 12.7 Å². The Hall–Kier alpha value is -0.710. The van der Waals surface area contributed by atoms with Gasteiger partial charge in [0.1, 0.15) is 5.78 Å². The fourth-order valence-electron chi connectivity index (χ4n) is 6.36. The van der Waals surface area contributed by atoms with Crippen LogP contribution in [0.25, 0.3) is 0 Å². The van der Waals surface area contributed by atoms with Crippen LogP contribution >= 0.6 is 0 Å². The first-order chi connectivity index (χ1) is 11.0. The fraction of sp³-hybridized carbons (Fsp3) is 0.850. The van der Waals surface area contributed by atoms with Crippen LogP contribution in [0.3, 0.4) is 0 Å². The molecular formula is C20H32O4. The molecule has 3 fully saturated rings. The van der Waals surface area contributed by atoms with Crippen LogP contribution in [0.5, 0.6) is 0 Å². The van der Waals surface area contributed by atoms with Crippen LogP contribution in [0.2, 0.25) is 0 Å². The summed E-state index contributed by atoms with van der Waals surface area (Å²) in [7, 11) is 0. The number of fused-ring (bicyclic) bond motifs is 3. The fourth-order valence-corrected chi connectivity index (χ4v) is 6.36. The Morgan fingerprint density at radius 2 is 1.96 bits per heavy atom. The molecule has 1 heterocycles. The smallest absolute Gasteiger partial charge is 0.139 e. The molecule has 136 valence electrons. The van der Waals surface area contributed by atoms with Gasteiger partial charge >= 0.3 is 0 Å². The summed E-state index contributed by atoms with van der Waals surface area (Å²) in [5.41, 5.74) is -2.02. The Balaban J connectivity index is 2.08. The molecule has 0 aromatic heterocycles. The van der Waals surface area contributed by atoms with Gasteiger partial charge < -0.3 is 14.9 Å². The molecule has 3 rings (SSSR count). The molecule has 0 spiro atoms. The SMILES string of the molecule is C=C[C@@]1(C)CC[C@@H]2[C@@]3(C)C(=O)CC[C@@](C)(CO)[C@@H]3[C@H](O)C[C@@]2(C)O1. The summed E-state index contributed by atoms with van der Waals surface area (Å²) in [6.07, 6.45) is 4.53. The normalized spacial score (nSPS) is 54.8. The summed E-state index contributed by atoms with van der Waals surface area (Å²) < 4.78 is 6.46. The number of hydrogen-bond acceptors (Lipinski definition) is 4. The molecule has 0 aromatic carbocycles. The molecule has 4 heteroatoms. The molecule has 0 bridgehead atoms. The minimum absolute atomic E-state index is 0.00621. The quantitative estimate of drug-likeness (QED) is 0.761. The standard InChI is InChI=1S/C20H32O4/c1-6-18(3)10-7-14-19(4,24-18)11-13(22)16-17(2,12-21)9-8-15(23)20(14,16)5/h6,13-14,16,21-22H,1,7-12H2,2-5H3/t13-,14+,16+,17+,18+,19-,20+/m1/s1. The van der Waals surface area contributed by atoms with E-state index >= 15 is 0 Å². The van der Waals surface area contributed by atoms with Crippen LogP contribution in [-0.4, -0.2) is 39.9 Å². The highest BCUT2D eigenvalue weighted by Gasteiger charge is 2.67. The highest BCUT2D eigenvalue weighted by atomic mass is 16.5. The molecule has 0 amide bonds. The third kappa shape index (κ3) is 2.26. The first kappa shape index (κ1) is 18.1. The van der Waals surface area contributed by atoms with E-state index in [9.17, 15) is 15.0 Å². The van der Waals surface area contributed by atoms with Gasteiger partial charge in [-0.3, -0.25) is 4.79 Å². The van der Waals surface area contributed by atoms with Gasteiger partial charge in [-0.2, -0.15) is 0 Å². The topological polar surface area (TPSA) is 66.8 Å². The van der Waals surface area contributed by atoms with E-state index < -0.39 is 28.1 Å². The first-order valence-corrected chi connectivity index (χ1v) is 9.21. The molecule has 2 N–H and O–H groups in total. The van der Waals surface area contributed by atoms with E-state index in [1.807, 2.05) is 33.8 Å². The highest BCUT2D eigenvalue weighted by Crippen LogP contribution is 2.64. The van der Waals surface area contributed by atoms with Crippen molar-refractivity contribution in [2.24, 2.45) is 22.7 Å². The predicted octanol–water partition coefficient (Wildman–Crippen LogP) is 2.87. The third-order valence-electron chi connectivity index (χ3n) is 7.57. The number of aliphatic hydroxyl groups excluding tert-OH is 2. The second kappa shape index (κ2) is 5.39. The largest absolute Gasteiger partial charge is 0.396 e. The average molecular weight is 336 g/mol. The molecule has 4 nitrogen and oxygen atoms in total. The van der Waals surface area contributed by atoms with E-state index in [0.717, 1.165) is 12.8 Å². The second-order valence-electron chi connectivity index (χ2n) is 9.29. The lowest BCUT2D eigenvalue weighted by Crippen LogP contribution is -2.69. The lowest BCUT2D eigenvalue weighted by molar-refractivity contribution is -0.271. The lowest BCUT2D eigenvalue weighted by Gasteiger charge is -2.65. The molecule has 0 radical (unpaired) electrons. The molecule has 1 aliphatic heterocycles. The van der Waals surface area contributed by atoms with E-state index in [-0.39, 0.29) is 24.2 Å². The van der Waals surface area contributed by atoms with Crippen molar-refractivity contribution >= 4 is 5.78 Å². The number of ether oxygens (including phenoxy) is 1. The second-order valence-corrected chi connectivity index (χ2v) is 9.29. The molecule has 0 unspecified atom stereocenters. The van der Waals surface area contributed by atoms with Crippen molar-refractivity contribution in [2.75, 3.05) is 6.61 Å². The molecule has 2 aliphatic carbocycles. The van der Waals surface area contributed by atoms with E-state index in [4.69, 9.17) is 4.74 Å². The molecule has 24 heavy (non-hydrogen) atoms. The Labute approximate surface area is 145 Å². The van der Waals surface area contributed by atoms with Gasteiger partial charge in [0.15, 0.2) is 0 Å². The summed E-state index contributed by atoms with van der Waals surface area (Å²) in [5, 5.41) is 21.1. The Morgan fingerprint density at radius 3 is 2.54 bits per heavy atom. The van der Waals surface area contributed by atoms with Crippen molar-refractivity contribution < 1.29 is 19.7 Å².